The van der Waals surface area contributed by atoms with Crippen molar-refractivity contribution in [2.75, 3.05) is 13.2 Å². The number of benzene rings is 2. The largest absolute Gasteiger partial charge is 0.490 e. The molecule has 1 aliphatic rings. The lowest BCUT2D eigenvalue weighted by atomic mass is 10.1. The Morgan fingerprint density at radius 1 is 1.13 bits per heavy atom. The van der Waals surface area contributed by atoms with E-state index in [9.17, 15) is 9.59 Å². The van der Waals surface area contributed by atoms with E-state index in [2.05, 4.69) is 51.8 Å². The number of rotatable bonds is 8. The maximum Gasteiger partial charge on any atom is 0.293 e. The number of carbonyl (C=O) groups is 2. The number of hydrogen-bond acceptors (Lipinski definition) is 5. The van der Waals surface area contributed by atoms with Gasteiger partial charge in [-0.3, -0.25) is 14.5 Å². The van der Waals surface area contributed by atoms with Gasteiger partial charge in [-0.25, -0.2) is 0 Å². The van der Waals surface area contributed by atoms with Gasteiger partial charge in [-0.15, -0.1) is 6.58 Å². The molecule has 0 atom stereocenters. The van der Waals surface area contributed by atoms with Gasteiger partial charge in [0.1, 0.15) is 6.61 Å². The van der Waals surface area contributed by atoms with Gasteiger partial charge >= 0.3 is 0 Å². The predicted molar refractivity (Wildman–Crippen MR) is 137 cm³/mol. The highest BCUT2D eigenvalue weighted by atomic mass is 127. The quantitative estimate of drug-likeness (QED) is 0.197. The number of imide groups is 1. The fourth-order valence-electron chi connectivity index (χ4n) is 2.75. The minimum atomic E-state index is -0.308. The van der Waals surface area contributed by atoms with Crippen molar-refractivity contribution in [1.29, 1.82) is 0 Å². The molecule has 1 saturated heterocycles. The Hall–Kier alpha value is -1.53. The molecule has 0 N–H and O–H groups in total. The lowest BCUT2D eigenvalue weighted by Gasteiger charge is -2.15. The standard InChI is InChI=1S/C22H19I2NO4S/c1-3-9-25-21(26)19(30-22(25)27)12-15-10-17(24)20(18(11-15)28-4-2)29-13-14-5-7-16(23)8-6-14/h3,5-8,10-12H,1,4,9,13H2,2H3/b19-12+. The Kier molecular flexibility index (Phi) is 8.23. The smallest absolute Gasteiger partial charge is 0.293 e. The molecule has 1 aliphatic heterocycles. The molecule has 0 bridgehead atoms. The third-order valence-electron chi connectivity index (χ3n) is 4.11. The zero-order chi connectivity index (χ0) is 21.7. The van der Waals surface area contributed by atoms with Gasteiger partial charge in [-0.1, -0.05) is 18.2 Å². The average Bonchev–Trinajstić information content (AvgIpc) is 2.97. The van der Waals surface area contributed by atoms with Gasteiger partial charge in [0, 0.05) is 10.1 Å². The van der Waals surface area contributed by atoms with E-state index in [4.69, 9.17) is 9.47 Å². The number of halogens is 2. The summed E-state index contributed by atoms with van der Waals surface area (Å²) in [6.45, 7) is 6.61. The normalized spacial score (nSPS) is 15.0. The van der Waals surface area contributed by atoms with Crippen LogP contribution < -0.4 is 9.47 Å². The lowest BCUT2D eigenvalue weighted by Crippen LogP contribution is -2.27. The van der Waals surface area contributed by atoms with Crippen LogP contribution in [-0.4, -0.2) is 29.2 Å². The van der Waals surface area contributed by atoms with Gasteiger partial charge in [-0.05, 0) is 105 Å². The number of nitrogens with zero attached hydrogens (tertiary/aromatic N) is 1. The minimum Gasteiger partial charge on any atom is -0.490 e. The number of thioether (sulfide) groups is 1. The van der Waals surface area contributed by atoms with Crippen molar-refractivity contribution in [2.45, 2.75) is 13.5 Å². The van der Waals surface area contributed by atoms with Gasteiger partial charge in [0.25, 0.3) is 11.1 Å². The Labute approximate surface area is 207 Å². The van der Waals surface area contributed by atoms with Crippen molar-refractivity contribution in [3.05, 3.63) is 72.2 Å². The highest BCUT2D eigenvalue weighted by Gasteiger charge is 2.34. The van der Waals surface area contributed by atoms with Crippen molar-refractivity contribution in [3.8, 4) is 11.5 Å². The summed E-state index contributed by atoms with van der Waals surface area (Å²) in [7, 11) is 0. The second-order valence-corrected chi connectivity index (χ2v) is 9.66. The molecule has 30 heavy (non-hydrogen) atoms. The molecule has 0 saturated carbocycles. The highest BCUT2D eigenvalue weighted by molar-refractivity contribution is 14.1. The first-order valence-corrected chi connectivity index (χ1v) is 12.1. The van der Waals surface area contributed by atoms with Crippen LogP contribution in [0.15, 0.2) is 54.0 Å². The van der Waals surface area contributed by atoms with Gasteiger partial charge in [0.2, 0.25) is 0 Å². The van der Waals surface area contributed by atoms with Crippen molar-refractivity contribution in [1.82, 2.24) is 4.90 Å². The maximum absolute atomic E-state index is 12.5. The summed E-state index contributed by atoms with van der Waals surface area (Å²) in [5.74, 6) is 0.955. The van der Waals surface area contributed by atoms with Crippen LogP contribution in [0, 0.1) is 7.14 Å². The van der Waals surface area contributed by atoms with E-state index < -0.39 is 0 Å². The van der Waals surface area contributed by atoms with E-state index in [1.54, 1.807) is 6.08 Å². The van der Waals surface area contributed by atoms with Gasteiger partial charge in [0.15, 0.2) is 11.5 Å². The third kappa shape index (κ3) is 5.58. The van der Waals surface area contributed by atoms with E-state index in [-0.39, 0.29) is 17.7 Å². The Morgan fingerprint density at radius 2 is 1.87 bits per heavy atom. The van der Waals surface area contributed by atoms with Crippen molar-refractivity contribution in [2.24, 2.45) is 0 Å². The van der Waals surface area contributed by atoms with Crippen LogP contribution in [-0.2, 0) is 11.4 Å². The zero-order valence-corrected chi connectivity index (χ0v) is 21.3. The molecule has 156 valence electrons. The molecule has 0 unspecified atom stereocenters. The summed E-state index contributed by atoms with van der Waals surface area (Å²) < 4.78 is 13.9. The molecular weight excluding hydrogens is 628 g/mol. The van der Waals surface area contributed by atoms with Gasteiger partial charge in [0.05, 0.1) is 15.1 Å². The Balaban J connectivity index is 1.85. The molecular formula is C22H19I2NO4S. The summed E-state index contributed by atoms with van der Waals surface area (Å²) in [4.78, 5) is 26.1. The number of ether oxygens (including phenoxy) is 2. The van der Waals surface area contributed by atoms with E-state index >= 15 is 0 Å². The van der Waals surface area contributed by atoms with E-state index in [0.29, 0.717) is 29.6 Å². The number of amides is 2. The average molecular weight is 647 g/mol. The van der Waals surface area contributed by atoms with Crippen LogP contribution in [0.25, 0.3) is 6.08 Å². The number of carbonyl (C=O) groups excluding carboxylic acids is 2. The molecule has 0 aliphatic carbocycles. The summed E-state index contributed by atoms with van der Waals surface area (Å²) in [6, 6.07) is 11.9. The van der Waals surface area contributed by atoms with Crippen LogP contribution in [0.3, 0.4) is 0 Å². The molecule has 2 amide bonds. The highest BCUT2D eigenvalue weighted by Crippen LogP contribution is 2.37. The maximum atomic E-state index is 12.5. The van der Waals surface area contributed by atoms with Crippen molar-refractivity contribution >= 4 is 74.2 Å². The summed E-state index contributed by atoms with van der Waals surface area (Å²) in [5, 5.41) is -0.289. The van der Waals surface area contributed by atoms with E-state index in [1.165, 1.54) is 14.5 Å². The molecule has 8 heteroatoms. The molecule has 0 aromatic heterocycles. The lowest BCUT2D eigenvalue weighted by molar-refractivity contribution is -0.122. The van der Waals surface area contributed by atoms with Crippen LogP contribution in [0.4, 0.5) is 4.79 Å². The topological polar surface area (TPSA) is 55.8 Å². The first-order valence-electron chi connectivity index (χ1n) is 9.12. The molecule has 3 rings (SSSR count). The molecule has 2 aromatic rings. The van der Waals surface area contributed by atoms with E-state index in [1.807, 2.05) is 43.3 Å². The van der Waals surface area contributed by atoms with Gasteiger partial charge in [-0.2, -0.15) is 0 Å². The van der Waals surface area contributed by atoms with Crippen molar-refractivity contribution < 1.29 is 19.1 Å². The fraction of sp³-hybridized carbons (Fsp3) is 0.182. The first-order chi connectivity index (χ1) is 14.4. The first kappa shape index (κ1) is 23.1. The summed E-state index contributed by atoms with van der Waals surface area (Å²) >= 11 is 5.39. The van der Waals surface area contributed by atoms with Crippen molar-refractivity contribution in [3.63, 3.8) is 0 Å². The Morgan fingerprint density at radius 3 is 2.53 bits per heavy atom. The fourth-order valence-corrected chi connectivity index (χ4v) is 4.74. The predicted octanol–water partition coefficient (Wildman–Crippen LogP) is 6.10. The zero-order valence-electron chi connectivity index (χ0n) is 16.2. The molecule has 1 heterocycles. The van der Waals surface area contributed by atoms with Crippen LogP contribution in [0.1, 0.15) is 18.1 Å². The SMILES string of the molecule is C=CCN1C(=O)S/C(=C/c2cc(I)c(OCc3ccc(I)cc3)c(OCC)c2)C1=O. The second kappa shape index (κ2) is 10.7. The Bertz CT molecular complexity index is 1000. The summed E-state index contributed by atoms with van der Waals surface area (Å²) in [6.07, 6.45) is 3.25. The third-order valence-corrected chi connectivity index (χ3v) is 6.54. The molecule has 0 spiro atoms. The molecule has 5 nitrogen and oxygen atoms in total. The van der Waals surface area contributed by atoms with Crippen LogP contribution >= 0.6 is 56.9 Å². The van der Waals surface area contributed by atoms with Gasteiger partial charge < -0.3 is 9.47 Å². The molecule has 0 radical (unpaired) electrons. The second-order valence-electron chi connectivity index (χ2n) is 6.26. The minimum absolute atomic E-state index is 0.203. The molecule has 2 aromatic carbocycles. The summed E-state index contributed by atoms with van der Waals surface area (Å²) in [5.41, 5.74) is 1.84. The van der Waals surface area contributed by atoms with E-state index in [0.717, 1.165) is 26.5 Å². The molecule has 1 fully saturated rings. The van der Waals surface area contributed by atoms with Crippen LogP contribution in [0.5, 0.6) is 11.5 Å². The van der Waals surface area contributed by atoms with Crippen LogP contribution in [0.2, 0.25) is 0 Å². The monoisotopic (exact) mass is 647 g/mol. The number of hydrogen-bond donors (Lipinski definition) is 0.